The first-order chi connectivity index (χ1) is 14.6. The largest absolute Gasteiger partial charge is 0.326 e. The van der Waals surface area contributed by atoms with Gasteiger partial charge in [0.2, 0.25) is 21.8 Å². The summed E-state index contributed by atoms with van der Waals surface area (Å²) in [4.78, 5) is 25.7. The number of rotatable bonds is 8. The number of carbonyl (C=O) groups excluding carboxylic acids is 2. The average Bonchev–Trinajstić information content (AvgIpc) is 3.13. The maximum atomic E-state index is 13.5. The van der Waals surface area contributed by atoms with Crippen LogP contribution in [-0.4, -0.2) is 39.6 Å². The van der Waals surface area contributed by atoms with Gasteiger partial charge in [-0.05, 0) is 49.2 Å². The molecule has 0 bridgehead atoms. The van der Waals surface area contributed by atoms with Gasteiger partial charge in [-0.25, -0.2) is 17.2 Å². The Morgan fingerprint density at radius 1 is 1.13 bits per heavy atom. The predicted molar refractivity (Wildman–Crippen MR) is 114 cm³/mol. The molecule has 2 aromatic rings. The van der Waals surface area contributed by atoms with E-state index in [2.05, 4.69) is 5.32 Å². The number of hydrogen-bond donors (Lipinski definition) is 1. The van der Waals surface area contributed by atoms with Gasteiger partial charge in [-0.1, -0.05) is 0 Å². The van der Waals surface area contributed by atoms with Gasteiger partial charge in [0.1, 0.15) is 0 Å². The molecule has 0 saturated carbocycles. The molecular formula is C21H23F2N3O4S. The summed E-state index contributed by atoms with van der Waals surface area (Å²) in [6.07, 6.45) is 2.53. The van der Waals surface area contributed by atoms with Crippen molar-refractivity contribution in [2.45, 2.75) is 25.7 Å². The summed E-state index contributed by atoms with van der Waals surface area (Å²) in [6.45, 7) is 0.618. The van der Waals surface area contributed by atoms with E-state index >= 15 is 0 Å². The molecular weight excluding hydrogens is 428 g/mol. The number of sulfonamides is 1. The second-order valence-electron chi connectivity index (χ2n) is 7.28. The first-order valence-corrected chi connectivity index (χ1v) is 11.6. The van der Waals surface area contributed by atoms with Crippen molar-refractivity contribution < 1.29 is 26.8 Å². The molecule has 0 unspecified atom stereocenters. The zero-order chi connectivity index (χ0) is 22.6. The number of benzene rings is 2. The van der Waals surface area contributed by atoms with Crippen LogP contribution < -0.4 is 14.5 Å². The Kier molecular flexibility index (Phi) is 6.89. The standard InChI is InChI=1S/C21H23F2N3O4S/c1-31(29,30)26(17-10-11-18(22)19(23)14-17)13-2-4-20(27)24-15-6-8-16(9-7-15)25-12-3-5-21(25)28/h6-11,14H,2-5,12-13H2,1H3,(H,24,27). The van der Waals surface area contributed by atoms with Crippen LogP contribution >= 0.6 is 0 Å². The molecule has 1 fully saturated rings. The molecule has 0 aliphatic carbocycles. The van der Waals surface area contributed by atoms with E-state index in [1.807, 2.05) is 0 Å². The zero-order valence-electron chi connectivity index (χ0n) is 17.0. The summed E-state index contributed by atoms with van der Waals surface area (Å²) in [5.41, 5.74) is 1.32. The zero-order valence-corrected chi connectivity index (χ0v) is 17.8. The third-order valence-corrected chi connectivity index (χ3v) is 6.09. The summed E-state index contributed by atoms with van der Waals surface area (Å²) >= 11 is 0. The quantitative estimate of drug-likeness (QED) is 0.667. The van der Waals surface area contributed by atoms with E-state index in [0.717, 1.165) is 34.8 Å². The molecule has 10 heteroatoms. The topological polar surface area (TPSA) is 86.8 Å². The minimum absolute atomic E-state index is 0.00569. The van der Waals surface area contributed by atoms with Gasteiger partial charge in [-0.3, -0.25) is 13.9 Å². The highest BCUT2D eigenvalue weighted by molar-refractivity contribution is 7.92. The first-order valence-electron chi connectivity index (χ1n) is 9.78. The van der Waals surface area contributed by atoms with Crippen molar-refractivity contribution in [1.82, 2.24) is 0 Å². The van der Waals surface area contributed by atoms with E-state index in [1.54, 1.807) is 29.2 Å². The first kappa shape index (κ1) is 22.7. The molecule has 7 nitrogen and oxygen atoms in total. The molecule has 1 aliphatic heterocycles. The molecule has 3 rings (SSSR count). The number of nitrogens with zero attached hydrogens (tertiary/aromatic N) is 2. The lowest BCUT2D eigenvalue weighted by Gasteiger charge is -2.22. The highest BCUT2D eigenvalue weighted by atomic mass is 32.2. The molecule has 0 aromatic heterocycles. The Hall–Kier alpha value is -3.01. The fourth-order valence-electron chi connectivity index (χ4n) is 3.38. The molecule has 0 atom stereocenters. The van der Waals surface area contributed by atoms with Crippen molar-refractivity contribution in [3.05, 3.63) is 54.1 Å². The number of nitrogens with one attached hydrogen (secondary N) is 1. The number of hydrogen-bond acceptors (Lipinski definition) is 4. The van der Waals surface area contributed by atoms with E-state index in [9.17, 15) is 26.8 Å². The van der Waals surface area contributed by atoms with Crippen LogP contribution in [-0.2, 0) is 19.6 Å². The van der Waals surface area contributed by atoms with Gasteiger partial charge in [0.05, 0.1) is 11.9 Å². The van der Waals surface area contributed by atoms with Crippen LogP contribution in [0.2, 0.25) is 0 Å². The maximum Gasteiger partial charge on any atom is 0.232 e. The monoisotopic (exact) mass is 451 g/mol. The van der Waals surface area contributed by atoms with Gasteiger partial charge >= 0.3 is 0 Å². The van der Waals surface area contributed by atoms with Crippen LogP contribution in [0.5, 0.6) is 0 Å². The molecule has 166 valence electrons. The lowest BCUT2D eigenvalue weighted by molar-refractivity contribution is -0.117. The van der Waals surface area contributed by atoms with E-state index in [0.29, 0.717) is 18.7 Å². The Balaban J connectivity index is 1.55. The van der Waals surface area contributed by atoms with Crippen molar-refractivity contribution in [2.24, 2.45) is 0 Å². The third-order valence-electron chi connectivity index (χ3n) is 4.89. The van der Waals surface area contributed by atoms with Gasteiger partial charge < -0.3 is 10.2 Å². The molecule has 0 radical (unpaired) electrons. The summed E-state index contributed by atoms with van der Waals surface area (Å²) in [6, 6.07) is 9.75. The highest BCUT2D eigenvalue weighted by Gasteiger charge is 2.22. The van der Waals surface area contributed by atoms with Crippen molar-refractivity contribution in [3.63, 3.8) is 0 Å². The second-order valence-corrected chi connectivity index (χ2v) is 9.19. The smallest absolute Gasteiger partial charge is 0.232 e. The van der Waals surface area contributed by atoms with E-state index < -0.39 is 21.7 Å². The summed E-state index contributed by atoms with van der Waals surface area (Å²) < 4.78 is 51.6. The highest BCUT2D eigenvalue weighted by Crippen LogP contribution is 2.24. The molecule has 1 aliphatic rings. The summed E-state index contributed by atoms with van der Waals surface area (Å²) in [7, 11) is -3.74. The second kappa shape index (κ2) is 9.42. The summed E-state index contributed by atoms with van der Waals surface area (Å²) in [5, 5.41) is 2.72. The molecule has 1 saturated heterocycles. The van der Waals surface area contributed by atoms with Crippen LogP contribution in [0.25, 0.3) is 0 Å². The molecule has 0 spiro atoms. The van der Waals surface area contributed by atoms with Gasteiger partial charge in [0, 0.05) is 43.4 Å². The molecule has 1 N–H and O–H groups in total. The third kappa shape index (κ3) is 5.78. The lowest BCUT2D eigenvalue weighted by Crippen LogP contribution is -2.31. The molecule has 2 aromatic carbocycles. The van der Waals surface area contributed by atoms with Gasteiger partial charge in [-0.15, -0.1) is 0 Å². The Bertz CT molecular complexity index is 1070. The minimum Gasteiger partial charge on any atom is -0.326 e. The van der Waals surface area contributed by atoms with Crippen LogP contribution in [0.15, 0.2) is 42.5 Å². The van der Waals surface area contributed by atoms with E-state index in [4.69, 9.17) is 0 Å². The maximum absolute atomic E-state index is 13.5. The number of carbonyl (C=O) groups is 2. The predicted octanol–water partition coefficient (Wildman–Crippen LogP) is 3.28. The molecule has 31 heavy (non-hydrogen) atoms. The number of anilines is 3. The number of halogens is 2. The lowest BCUT2D eigenvalue weighted by atomic mass is 10.2. The Labute approximate surface area is 179 Å². The minimum atomic E-state index is -3.74. The number of amides is 2. The average molecular weight is 451 g/mol. The normalized spacial score (nSPS) is 14.0. The fourth-order valence-corrected chi connectivity index (χ4v) is 4.34. The SMILES string of the molecule is CS(=O)(=O)N(CCCC(=O)Nc1ccc(N2CCCC2=O)cc1)c1ccc(F)c(F)c1. The van der Waals surface area contributed by atoms with Gasteiger partial charge in [0.15, 0.2) is 11.6 Å². The van der Waals surface area contributed by atoms with Crippen LogP contribution in [0.3, 0.4) is 0 Å². The van der Waals surface area contributed by atoms with Gasteiger partial charge in [0.25, 0.3) is 0 Å². The summed E-state index contributed by atoms with van der Waals surface area (Å²) in [5.74, 6) is -2.46. The van der Waals surface area contributed by atoms with Crippen LogP contribution in [0.1, 0.15) is 25.7 Å². The van der Waals surface area contributed by atoms with E-state index in [1.165, 1.54) is 6.07 Å². The van der Waals surface area contributed by atoms with Crippen LogP contribution in [0.4, 0.5) is 25.8 Å². The van der Waals surface area contributed by atoms with E-state index in [-0.39, 0.29) is 36.9 Å². The van der Waals surface area contributed by atoms with Crippen molar-refractivity contribution in [2.75, 3.05) is 33.9 Å². The van der Waals surface area contributed by atoms with Crippen molar-refractivity contribution in [3.8, 4) is 0 Å². The fraction of sp³-hybridized carbons (Fsp3) is 0.333. The Morgan fingerprint density at radius 3 is 2.42 bits per heavy atom. The van der Waals surface area contributed by atoms with Crippen molar-refractivity contribution >= 4 is 38.9 Å². The Morgan fingerprint density at radius 2 is 1.84 bits per heavy atom. The molecule has 1 heterocycles. The van der Waals surface area contributed by atoms with Gasteiger partial charge in [-0.2, -0.15) is 0 Å². The van der Waals surface area contributed by atoms with Crippen LogP contribution in [0, 0.1) is 11.6 Å². The van der Waals surface area contributed by atoms with Crippen molar-refractivity contribution in [1.29, 1.82) is 0 Å². The molecule has 2 amide bonds.